The minimum absolute atomic E-state index is 0.0287. The zero-order valence-electron chi connectivity index (χ0n) is 16.1. The lowest BCUT2D eigenvalue weighted by Crippen LogP contribution is -2.45. The smallest absolute Gasteiger partial charge is 0.256 e. The fraction of sp³-hybridized carbons (Fsp3) is 0.318. The van der Waals surface area contributed by atoms with Crippen LogP contribution in [0.4, 0.5) is 11.5 Å². The summed E-state index contributed by atoms with van der Waals surface area (Å²) in [6, 6.07) is 11.2. The van der Waals surface area contributed by atoms with Gasteiger partial charge < -0.3 is 15.5 Å². The van der Waals surface area contributed by atoms with Crippen molar-refractivity contribution in [1.29, 1.82) is 0 Å². The summed E-state index contributed by atoms with van der Waals surface area (Å²) in [5, 5.41) is 5.97. The van der Waals surface area contributed by atoms with Gasteiger partial charge >= 0.3 is 0 Å². The number of allylic oxidation sites excluding steroid dienone is 2. The standard InChI is InChI=1S/C22H24N4O2/c1-14-7-12-18-21(23-14)26(2)20(25-22(18)28)16-8-10-17(11-9-16)24-19(27)13-15-5-3-4-6-15/h3,5,7-12,15,20H,4,6,13H2,1-2H3,(H,24,27)(H,25,28). The average Bonchev–Trinajstić information content (AvgIpc) is 3.18. The zero-order chi connectivity index (χ0) is 19.7. The highest BCUT2D eigenvalue weighted by atomic mass is 16.2. The lowest BCUT2D eigenvalue weighted by atomic mass is 10.0. The van der Waals surface area contributed by atoms with Gasteiger partial charge in [0.2, 0.25) is 5.91 Å². The third-order valence-electron chi connectivity index (χ3n) is 5.32. The van der Waals surface area contributed by atoms with Crippen LogP contribution < -0.4 is 15.5 Å². The number of aryl methyl sites for hydroxylation is 1. The van der Waals surface area contributed by atoms with Gasteiger partial charge in [-0.15, -0.1) is 0 Å². The second-order valence-corrected chi connectivity index (χ2v) is 7.45. The number of carbonyl (C=O) groups is 2. The molecule has 0 radical (unpaired) electrons. The fourth-order valence-corrected chi connectivity index (χ4v) is 3.78. The first kappa shape index (κ1) is 18.2. The van der Waals surface area contributed by atoms with Gasteiger partial charge in [0.15, 0.2) is 0 Å². The molecule has 0 fully saturated rings. The molecule has 6 nitrogen and oxygen atoms in total. The molecule has 28 heavy (non-hydrogen) atoms. The number of carbonyl (C=O) groups excluding carboxylic acids is 2. The van der Waals surface area contributed by atoms with E-state index in [9.17, 15) is 9.59 Å². The molecule has 2 aliphatic rings. The van der Waals surface area contributed by atoms with Crippen molar-refractivity contribution in [2.45, 2.75) is 32.4 Å². The molecule has 2 N–H and O–H groups in total. The van der Waals surface area contributed by atoms with E-state index in [2.05, 4.69) is 27.8 Å². The van der Waals surface area contributed by atoms with E-state index in [4.69, 9.17) is 0 Å². The van der Waals surface area contributed by atoms with Gasteiger partial charge in [0.1, 0.15) is 12.0 Å². The molecule has 1 aromatic carbocycles. The number of hydrogen-bond acceptors (Lipinski definition) is 4. The summed E-state index contributed by atoms with van der Waals surface area (Å²) in [5.41, 5.74) is 3.14. The number of anilines is 2. The Morgan fingerprint density at radius 3 is 2.75 bits per heavy atom. The van der Waals surface area contributed by atoms with Crippen LogP contribution >= 0.6 is 0 Å². The molecule has 2 amide bonds. The molecule has 4 rings (SSSR count). The van der Waals surface area contributed by atoms with Gasteiger partial charge in [-0.2, -0.15) is 0 Å². The van der Waals surface area contributed by atoms with Gasteiger partial charge in [0.05, 0.1) is 5.56 Å². The maximum Gasteiger partial charge on any atom is 0.256 e. The van der Waals surface area contributed by atoms with E-state index in [1.165, 1.54) is 0 Å². The fourth-order valence-electron chi connectivity index (χ4n) is 3.78. The molecular formula is C22H24N4O2. The molecule has 2 aromatic rings. The van der Waals surface area contributed by atoms with Crippen LogP contribution in [-0.4, -0.2) is 23.8 Å². The Morgan fingerprint density at radius 2 is 2.04 bits per heavy atom. The number of nitrogens with one attached hydrogen (secondary N) is 2. The van der Waals surface area contributed by atoms with Crippen molar-refractivity contribution in [3.8, 4) is 0 Å². The van der Waals surface area contributed by atoms with Crippen LogP contribution in [0.5, 0.6) is 0 Å². The Bertz CT molecular complexity index is 936. The van der Waals surface area contributed by atoms with Gasteiger partial charge in [-0.3, -0.25) is 9.59 Å². The quantitative estimate of drug-likeness (QED) is 0.800. The largest absolute Gasteiger partial charge is 0.335 e. The number of benzene rings is 1. The van der Waals surface area contributed by atoms with E-state index in [0.29, 0.717) is 23.7 Å². The summed E-state index contributed by atoms with van der Waals surface area (Å²) in [5.74, 6) is 0.922. The van der Waals surface area contributed by atoms with Crippen molar-refractivity contribution < 1.29 is 9.59 Å². The molecule has 6 heteroatoms. The van der Waals surface area contributed by atoms with Crippen molar-refractivity contribution in [2.24, 2.45) is 5.92 Å². The third-order valence-corrected chi connectivity index (χ3v) is 5.32. The summed E-state index contributed by atoms with van der Waals surface area (Å²) in [4.78, 5) is 31.2. The number of aromatic nitrogens is 1. The van der Waals surface area contributed by atoms with Gasteiger partial charge in [-0.25, -0.2) is 4.98 Å². The lowest BCUT2D eigenvalue weighted by molar-refractivity contribution is -0.116. The molecule has 2 atom stereocenters. The van der Waals surface area contributed by atoms with Crippen LogP contribution in [0.3, 0.4) is 0 Å². The molecule has 1 aromatic heterocycles. The van der Waals surface area contributed by atoms with Crippen LogP contribution in [0.2, 0.25) is 0 Å². The molecule has 144 valence electrons. The molecule has 0 saturated carbocycles. The summed E-state index contributed by atoms with van der Waals surface area (Å²) < 4.78 is 0. The Balaban J connectivity index is 1.47. The van der Waals surface area contributed by atoms with E-state index in [1.807, 2.05) is 49.2 Å². The molecular weight excluding hydrogens is 352 g/mol. The minimum atomic E-state index is -0.303. The summed E-state index contributed by atoms with van der Waals surface area (Å²) >= 11 is 0. The maximum absolute atomic E-state index is 12.5. The van der Waals surface area contributed by atoms with Crippen LogP contribution in [-0.2, 0) is 4.79 Å². The number of pyridine rings is 1. The molecule has 2 unspecified atom stereocenters. The lowest BCUT2D eigenvalue weighted by Gasteiger charge is -2.35. The van der Waals surface area contributed by atoms with Crippen molar-refractivity contribution in [3.63, 3.8) is 0 Å². The highest BCUT2D eigenvalue weighted by molar-refractivity contribution is 6.01. The van der Waals surface area contributed by atoms with Gasteiger partial charge in [-0.1, -0.05) is 24.3 Å². The predicted octanol–water partition coefficient (Wildman–Crippen LogP) is 3.56. The Kier molecular flexibility index (Phi) is 4.86. The third kappa shape index (κ3) is 3.63. The molecule has 2 heterocycles. The van der Waals surface area contributed by atoms with Crippen molar-refractivity contribution in [2.75, 3.05) is 17.3 Å². The Labute approximate surface area is 164 Å². The first-order valence-electron chi connectivity index (χ1n) is 9.59. The van der Waals surface area contributed by atoms with Crippen molar-refractivity contribution >= 4 is 23.3 Å². The molecule has 0 bridgehead atoms. The van der Waals surface area contributed by atoms with E-state index < -0.39 is 0 Å². The topological polar surface area (TPSA) is 74.3 Å². The van der Waals surface area contributed by atoms with Gasteiger partial charge in [0.25, 0.3) is 5.91 Å². The highest BCUT2D eigenvalue weighted by Gasteiger charge is 2.30. The summed E-state index contributed by atoms with van der Waals surface area (Å²) in [7, 11) is 1.92. The zero-order valence-corrected chi connectivity index (χ0v) is 16.1. The van der Waals surface area contributed by atoms with Crippen LogP contribution in [0.25, 0.3) is 0 Å². The van der Waals surface area contributed by atoms with E-state index in [1.54, 1.807) is 6.07 Å². The molecule has 0 saturated heterocycles. The van der Waals surface area contributed by atoms with Gasteiger partial charge in [0, 0.05) is 24.8 Å². The van der Waals surface area contributed by atoms with E-state index in [-0.39, 0.29) is 18.0 Å². The van der Waals surface area contributed by atoms with Crippen LogP contribution in [0.15, 0.2) is 48.6 Å². The molecule has 0 spiro atoms. The average molecular weight is 376 g/mol. The molecule has 1 aliphatic heterocycles. The van der Waals surface area contributed by atoms with Crippen LogP contribution in [0, 0.1) is 12.8 Å². The SMILES string of the molecule is Cc1ccc2c(n1)N(C)C(c1ccc(NC(=O)CC3C=CCC3)cc1)NC2=O. The summed E-state index contributed by atoms with van der Waals surface area (Å²) in [6.07, 6.45) is 6.58. The first-order chi connectivity index (χ1) is 13.5. The van der Waals surface area contributed by atoms with Crippen molar-refractivity contribution in [1.82, 2.24) is 10.3 Å². The highest BCUT2D eigenvalue weighted by Crippen LogP contribution is 2.31. The maximum atomic E-state index is 12.5. The predicted molar refractivity (Wildman–Crippen MR) is 109 cm³/mol. The number of amides is 2. The normalized spacial score (nSPS) is 20.6. The minimum Gasteiger partial charge on any atom is -0.335 e. The molecule has 1 aliphatic carbocycles. The Hall–Kier alpha value is -3.15. The number of nitrogens with zero attached hydrogens (tertiary/aromatic N) is 2. The number of fused-ring (bicyclic) bond motifs is 1. The van der Waals surface area contributed by atoms with E-state index >= 15 is 0 Å². The number of rotatable bonds is 4. The van der Waals surface area contributed by atoms with Crippen LogP contribution in [0.1, 0.15) is 47.0 Å². The summed E-state index contributed by atoms with van der Waals surface area (Å²) in [6.45, 7) is 1.91. The number of hydrogen-bond donors (Lipinski definition) is 2. The van der Waals surface area contributed by atoms with Crippen molar-refractivity contribution in [3.05, 3.63) is 65.4 Å². The first-order valence-corrected chi connectivity index (χ1v) is 9.59. The second-order valence-electron chi connectivity index (χ2n) is 7.45. The Morgan fingerprint density at radius 1 is 1.25 bits per heavy atom. The van der Waals surface area contributed by atoms with E-state index in [0.717, 1.165) is 29.8 Å². The second kappa shape index (κ2) is 7.46. The van der Waals surface area contributed by atoms with Gasteiger partial charge in [-0.05, 0) is 55.5 Å². The monoisotopic (exact) mass is 376 g/mol.